The van der Waals surface area contributed by atoms with E-state index in [1.165, 1.54) is 29.8 Å². The number of para-hydroxylation sites is 2. The number of ether oxygens (including phenoxy) is 1. The highest BCUT2D eigenvalue weighted by atomic mass is 16.5. The molecule has 5 heteroatoms. The van der Waals surface area contributed by atoms with Crippen molar-refractivity contribution in [3.05, 3.63) is 41.7 Å². The van der Waals surface area contributed by atoms with Gasteiger partial charge in [0.2, 0.25) is 0 Å². The summed E-state index contributed by atoms with van der Waals surface area (Å²) in [6.45, 7) is 6.47. The molecule has 0 bridgehead atoms. The molecule has 0 unspecified atom stereocenters. The predicted molar refractivity (Wildman–Crippen MR) is 100 cm³/mol. The van der Waals surface area contributed by atoms with Crippen molar-refractivity contribution in [1.29, 1.82) is 0 Å². The topological polar surface area (TPSA) is 33.5 Å². The normalized spacial score (nSPS) is 21.6. The number of nitrogens with zero attached hydrogens (tertiary/aromatic N) is 4. The lowest BCUT2D eigenvalue weighted by molar-refractivity contribution is 0.180. The third-order valence-corrected chi connectivity index (χ3v) is 5.59. The Morgan fingerprint density at radius 2 is 2.00 bits per heavy atom. The van der Waals surface area contributed by atoms with Crippen molar-refractivity contribution in [2.24, 2.45) is 7.05 Å². The number of hydrogen-bond donors (Lipinski definition) is 0. The van der Waals surface area contributed by atoms with Gasteiger partial charge >= 0.3 is 0 Å². The molecular formula is C20H28N4O. The van der Waals surface area contributed by atoms with E-state index in [0.717, 1.165) is 37.8 Å². The van der Waals surface area contributed by atoms with E-state index in [0.29, 0.717) is 6.04 Å². The van der Waals surface area contributed by atoms with Crippen LogP contribution < -0.4 is 9.64 Å². The average Bonchev–Trinajstić information content (AvgIpc) is 3.40. The van der Waals surface area contributed by atoms with Crippen LogP contribution in [0.25, 0.3) is 0 Å². The monoisotopic (exact) mass is 340 g/mol. The van der Waals surface area contributed by atoms with Gasteiger partial charge in [-0.05, 0) is 31.9 Å². The highest BCUT2D eigenvalue weighted by Gasteiger charge is 2.31. The van der Waals surface area contributed by atoms with Crippen LogP contribution >= 0.6 is 0 Å². The van der Waals surface area contributed by atoms with Gasteiger partial charge < -0.3 is 9.64 Å². The van der Waals surface area contributed by atoms with Crippen LogP contribution in [0.3, 0.4) is 0 Å². The Kier molecular flexibility index (Phi) is 4.42. The van der Waals surface area contributed by atoms with Crippen molar-refractivity contribution in [3.8, 4) is 5.75 Å². The van der Waals surface area contributed by atoms with E-state index >= 15 is 0 Å². The van der Waals surface area contributed by atoms with Crippen molar-refractivity contribution in [1.82, 2.24) is 14.7 Å². The minimum absolute atomic E-state index is 0.505. The number of benzene rings is 1. The van der Waals surface area contributed by atoms with Crippen molar-refractivity contribution in [2.75, 3.05) is 31.6 Å². The van der Waals surface area contributed by atoms with Crippen LogP contribution in [0, 0.1) is 0 Å². The first-order valence-electron chi connectivity index (χ1n) is 9.30. The molecule has 134 valence electrons. The smallest absolute Gasteiger partial charge is 0.142 e. The van der Waals surface area contributed by atoms with E-state index in [1.807, 2.05) is 12.1 Å². The summed E-state index contributed by atoms with van der Waals surface area (Å²) in [5.41, 5.74) is 4.08. The Morgan fingerprint density at radius 1 is 1.20 bits per heavy atom. The zero-order valence-electron chi connectivity index (χ0n) is 15.5. The molecule has 1 aromatic heterocycles. The molecule has 1 aromatic carbocycles. The number of aromatic nitrogens is 2. The van der Waals surface area contributed by atoms with Crippen molar-refractivity contribution in [3.63, 3.8) is 0 Å². The summed E-state index contributed by atoms with van der Waals surface area (Å²) in [5.74, 6) is 1.71. The van der Waals surface area contributed by atoms with Gasteiger partial charge in [-0.1, -0.05) is 12.1 Å². The highest BCUT2D eigenvalue weighted by molar-refractivity contribution is 5.58. The summed E-state index contributed by atoms with van der Waals surface area (Å²) in [7, 11) is 3.83. The molecule has 0 spiro atoms. The van der Waals surface area contributed by atoms with Crippen LogP contribution in [0.4, 0.5) is 5.69 Å². The predicted octanol–water partition coefficient (Wildman–Crippen LogP) is 3.02. The Morgan fingerprint density at radius 3 is 2.72 bits per heavy atom. The van der Waals surface area contributed by atoms with Gasteiger partial charge in [0.05, 0.1) is 19.0 Å². The summed E-state index contributed by atoms with van der Waals surface area (Å²) >= 11 is 0. The number of piperazine rings is 1. The number of hydrogen-bond acceptors (Lipinski definition) is 4. The van der Waals surface area contributed by atoms with Gasteiger partial charge in [-0.25, -0.2) is 0 Å². The lowest BCUT2D eigenvalue weighted by atomic mass is 10.1. The molecule has 4 rings (SSSR count). The number of aryl methyl sites for hydroxylation is 1. The Hall–Kier alpha value is -2.01. The van der Waals surface area contributed by atoms with Crippen molar-refractivity contribution in [2.45, 2.75) is 38.3 Å². The fraction of sp³-hybridized carbons (Fsp3) is 0.550. The molecule has 2 aromatic rings. The standard InChI is InChI=1S/C20H28N4O/c1-15-13-24(18-6-4-5-7-19(18)25-3)11-10-23(15)14-17-12-21-22(2)20(17)16-8-9-16/h4-7,12,15-16H,8-11,13-14H2,1-3H3/t15-/m0/s1. The molecule has 1 atom stereocenters. The molecule has 2 aliphatic rings. The maximum absolute atomic E-state index is 5.54. The summed E-state index contributed by atoms with van der Waals surface area (Å²) in [4.78, 5) is 5.04. The SMILES string of the molecule is COc1ccccc1N1CCN(Cc2cnn(C)c2C2CC2)[C@@H](C)C1. The Balaban J connectivity index is 1.45. The third-order valence-electron chi connectivity index (χ3n) is 5.59. The molecule has 1 aliphatic carbocycles. The van der Waals surface area contributed by atoms with Gasteiger partial charge in [0.15, 0.2) is 0 Å². The highest BCUT2D eigenvalue weighted by Crippen LogP contribution is 2.41. The summed E-state index contributed by atoms with van der Waals surface area (Å²) in [6.07, 6.45) is 4.72. The van der Waals surface area contributed by atoms with Gasteiger partial charge in [-0.2, -0.15) is 5.10 Å². The maximum atomic E-state index is 5.54. The van der Waals surface area contributed by atoms with Crippen molar-refractivity contribution >= 4 is 5.69 Å². The largest absolute Gasteiger partial charge is 0.495 e. The first-order chi connectivity index (χ1) is 12.2. The van der Waals surface area contributed by atoms with E-state index in [1.54, 1.807) is 7.11 Å². The molecule has 1 saturated heterocycles. The average molecular weight is 340 g/mol. The van der Waals surface area contributed by atoms with E-state index in [9.17, 15) is 0 Å². The first-order valence-corrected chi connectivity index (χ1v) is 9.30. The van der Waals surface area contributed by atoms with Gasteiger partial charge in [-0.15, -0.1) is 0 Å². The quantitative estimate of drug-likeness (QED) is 0.838. The van der Waals surface area contributed by atoms with Crippen LogP contribution in [-0.2, 0) is 13.6 Å². The molecule has 1 aliphatic heterocycles. The van der Waals surface area contributed by atoms with Crippen molar-refractivity contribution < 1.29 is 4.74 Å². The first kappa shape index (κ1) is 16.5. The molecule has 2 heterocycles. The Bertz CT molecular complexity index is 737. The number of methoxy groups -OCH3 is 1. The minimum atomic E-state index is 0.505. The molecule has 25 heavy (non-hydrogen) atoms. The van der Waals surface area contributed by atoms with Gasteiger partial charge in [0, 0.05) is 56.4 Å². The second-order valence-electron chi connectivity index (χ2n) is 7.39. The van der Waals surface area contributed by atoms with Crippen LogP contribution in [0.5, 0.6) is 5.75 Å². The second-order valence-corrected chi connectivity index (χ2v) is 7.39. The van der Waals surface area contributed by atoms with Gasteiger partial charge in [0.25, 0.3) is 0 Å². The minimum Gasteiger partial charge on any atom is -0.495 e. The molecular weight excluding hydrogens is 312 g/mol. The van der Waals surface area contributed by atoms with Gasteiger partial charge in [-0.3, -0.25) is 9.58 Å². The summed E-state index contributed by atoms with van der Waals surface area (Å²) < 4.78 is 7.63. The van der Waals surface area contributed by atoms with Crippen LogP contribution in [0.1, 0.15) is 36.9 Å². The van der Waals surface area contributed by atoms with Crippen LogP contribution in [0.15, 0.2) is 30.5 Å². The second kappa shape index (κ2) is 6.71. The molecule has 0 amide bonds. The zero-order valence-corrected chi connectivity index (χ0v) is 15.5. The van der Waals surface area contributed by atoms with E-state index < -0.39 is 0 Å². The molecule has 2 fully saturated rings. The molecule has 5 nitrogen and oxygen atoms in total. The summed E-state index contributed by atoms with van der Waals surface area (Å²) in [5, 5.41) is 4.52. The fourth-order valence-corrected chi connectivity index (χ4v) is 4.06. The number of rotatable bonds is 5. The van der Waals surface area contributed by atoms with E-state index in [-0.39, 0.29) is 0 Å². The molecule has 0 radical (unpaired) electrons. The van der Waals surface area contributed by atoms with E-state index in [4.69, 9.17) is 4.74 Å². The van der Waals surface area contributed by atoms with Crippen LogP contribution in [-0.4, -0.2) is 47.5 Å². The lowest BCUT2D eigenvalue weighted by Gasteiger charge is -2.41. The Labute approximate surface area is 150 Å². The van der Waals surface area contributed by atoms with Crippen LogP contribution in [0.2, 0.25) is 0 Å². The zero-order chi connectivity index (χ0) is 17.4. The maximum Gasteiger partial charge on any atom is 0.142 e. The van der Waals surface area contributed by atoms with Gasteiger partial charge in [0.1, 0.15) is 5.75 Å². The number of anilines is 1. The summed E-state index contributed by atoms with van der Waals surface area (Å²) in [6, 6.07) is 8.83. The lowest BCUT2D eigenvalue weighted by Crippen LogP contribution is -2.51. The molecule has 1 saturated carbocycles. The fourth-order valence-electron chi connectivity index (χ4n) is 4.06. The third kappa shape index (κ3) is 3.25. The van der Waals surface area contributed by atoms with E-state index in [2.05, 4.69) is 51.9 Å². The molecule has 0 N–H and O–H groups in total.